The number of aromatic nitrogens is 3. The van der Waals surface area contributed by atoms with Crippen molar-refractivity contribution in [2.45, 2.75) is 96.3 Å². The van der Waals surface area contributed by atoms with Gasteiger partial charge in [0.15, 0.2) is 17.5 Å². The molecule has 7 aromatic rings. The van der Waals surface area contributed by atoms with Gasteiger partial charge in [0, 0.05) is 46.4 Å². The van der Waals surface area contributed by atoms with Gasteiger partial charge in [0.2, 0.25) is 0 Å². The quantitative estimate of drug-likeness (QED) is 0.145. The Kier molecular flexibility index (Phi) is 9.77. The van der Waals surface area contributed by atoms with E-state index in [1.807, 2.05) is 0 Å². The molecule has 0 fully saturated rings. The Labute approximate surface area is 379 Å². The second kappa shape index (κ2) is 14.7. The van der Waals surface area contributed by atoms with E-state index < -0.39 is 0 Å². The summed E-state index contributed by atoms with van der Waals surface area (Å²) in [5, 5.41) is 0. The van der Waals surface area contributed by atoms with Crippen LogP contribution in [0, 0.1) is 0 Å². The van der Waals surface area contributed by atoms with E-state index in [4.69, 9.17) is 15.0 Å². The average molecular weight is 979 g/mol. The van der Waals surface area contributed by atoms with Gasteiger partial charge in [0.1, 0.15) is 0 Å². The minimum atomic E-state index is -0.0929. The largest absolute Gasteiger partial charge is 0.208 e. The molecule has 60 heavy (non-hydrogen) atoms. The number of hydrogen-bond acceptors (Lipinski definition) is 3. The first-order chi connectivity index (χ1) is 29.1. The summed E-state index contributed by atoms with van der Waals surface area (Å²) >= 11 is 11.4. The predicted molar refractivity (Wildman–Crippen MR) is 260 cm³/mol. The maximum absolute atomic E-state index is 5.41. The van der Waals surface area contributed by atoms with Crippen molar-refractivity contribution in [1.29, 1.82) is 0 Å². The molecule has 0 bridgehead atoms. The predicted octanol–water partition coefficient (Wildman–Crippen LogP) is 16.4. The van der Waals surface area contributed by atoms with Gasteiger partial charge in [-0.3, -0.25) is 0 Å². The van der Waals surface area contributed by atoms with Crippen LogP contribution in [-0.4, -0.2) is 15.0 Å². The first kappa shape index (κ1) is 39.9. The third-order valence-corrected chi connectivity index (χ3v) is 16.5. The molecule has 3 nitrogen and oxygen atoms in total. The van der Waals surface area contributed by atoms with Crippen LogP contribution < -0.4 is 0 Å². The van der Waals surface area contributed by atoms with Crippen molar-refractivity contribution in [2.24, 2.45) is 0 Å². The first-order valence-electron chi connectivity index (χ1n) is 21.7. The second-order valence-electron chi connectivity index (χ2n) is 17.0. The molecule has 1 aromatic heterocycles. The molecule has 3 aliphatic carbocycles. The van der Waals surface area contributed by atoms with E-state index in [0.29, 0.717) is 17.5 Å². The van der Waals surface area contributed by atoms with Crippen LogP contribution in [0.4, 0.5) is 0 Å². The van der Waals surface area contributed by atoms with Gasteiger partial charge >= 0.3 is 0 Å². The molecule has 0 unspecified atom stereocenters. The van der Waals surface area contributed by atoms with Crippen molar-refractivity contribution in [1.82, 2.24) is 15.0 Å². The Bertz CT molecular complexity index is 2570. The zero-order chi connectivity index (χ0) is 41.7. The van der Waals surface area contributed by atoms with Crippen LogP contribution in [-0.2, 0) is 16.2 Å². The molecule has 0 amide bonds. The summed E-state index contributed by atoms with van der Waals surface area (Å²) < 4.78 is 3.35. The normalized spacial score (nSPS) is 15.6. The SMILES string of the molecule is CCC1(CC)c2cc(Br)ccc2-c2ccc(-c3nc(-c4ccc5c(c4)C(CC)(CC)c4cc(Br)ccc4-5)nc(-c4ccc5c(c4)C(CC)(CC)c4cc(Br)ccc4-5)n3)cc21. The van der Waals surface area contributed by atoms with Crippen molar-refractivity contribution in [2.75, 3.05) is 0 Å². The van der Waals surface area contributed by atoms with Crippen LogP contribution in [0.2, 0.25) is 0 Å². The fourth-order valence-electron chi connectivity index (χ4n) is 11.6. The molecular weight excluding hydrogens is 930 g/mol. The minimum absolute atomic E-state index is 0.0929. The van der Waals surface area contributed by atoms with Crippen LogP contribution in [0.1, 0.15) is 113 Å². The van der Waals surface area contributed by atoms with Crippen molar-refractivity contribution >= 4 is 47.8 Å². The van der Waals surface area contributed by atoms with Crippen molar-refractivity contribution in [3.63, 3.8) is 0 Å². The summed E-state index contributed by atoms with van der Waals surface area (Å²) in [5.41, 5.74) is 18.9. The van der Waals surface area contributed by atoms with Gasteiger partial charge in [0.25, 0.3) is 0 Å². The molecule has 1 heterocycles. The van der Waals surface area contributed by atoms with Gasteiger partial charge in [-0.2, -0.15) is 0 Å². The van der Waals surface area contributed by atoms with Gasteiger partial charge in [-0.15, -0.1) is 0 Å². The molecule has 0 spiro atoms. The van der Waals surface area contributed by atoms with E-state index in [0.717, 1.165) is 68.6 Å². The van der Waals surface area contributed by atoms with Gasteiger partial charge in [0.05, 0.1) is 0 Å². The molecule has 6 aromatic carbocycles. The smallest absolute Gasteiger partial charge is 0.164 e. The van der Waals surface area contributed by atoms with E-state index in [1.165, 1.54) is 66.8 Å². The summed E-state index contributed by atoms with van der Waals surface area (Å²) in [4.78, 5) is 16.2. The first-order valence-corrected chi connectivity index (χ1v) is 24.1. The monoisotopic (exact) mass is 975 g/mol. The lowest BCUT2D eigenvalue weighted by Gasteiger charge is -2.30. The Morgan fingerprint density at radius 3 is 0.767 bits per heavy atom. The Morgan fingerprint density at radius 1 is 0.317 bits per heavy atom. The third kappa shape index (κ3) is 5.58. The molecule has 3 aliphatic rings. The lowest BCUT2D eigenvalue weighted by molar-refractivity contribution is 0.490. The number of halogens is 3. The minimum Gasteiger partial charge on any atom is -0.208 e. The Morgan fingerprint density at radius 2 is 0.533 bits per heavy atom. The van der Waals surface area contributed by atoms with Crippen LogP contribution >= 0.6 is 47.8 Å². The van der Waals surface area contributed by atoms with Crippen LogP contribution in [0.15, 0.2) is 123 Å². The number of nitrogens with zero attached hydrogens (tertiary/aromatic N) is 3. The summed E-state index contributed by atoms with van der Waals surface area (Å²) in [5.74, 6) is 2.10. The van der Waals surface area contributed by atoms with Crippen LogP contribution in [0.5, 0.6) is 0 Å². The fraction of sp³-hybridized carbons (Fsp3) is 0.278. The van der Waals surface area contributed by atoms with Crippen molar-refractivity contribution in [3.8, 4) is 67.5 Å². The Hall–Kier alpha value is -4.23. The van der Waals surface area contributed by atoms with Gasteiger partial charge in [-0.1, -0.05) is 144 Å². The highest BCUT2D eigenvalue weighted by molar-refractivity contribution is 9.11. The van der Waals surface area contributed by atoms with Gasteiger partial charge in [-0.05, 0) is 160 Å². The third-order valence-electron chi connectivity index (χ3n) is 15.0. The van der Waals surface area contributed by atoms with Crippen molar-refractivity contribution in [3.05, 3.63) is 156 Å². The molecule has 300 valence electrons. The summed E-state index contributed by atoms with van der Waals surface area (Å²) in [7, 11) is 0. The molecule has 0 N–H and O–H groups in total. The molecule has 0 radical (unpaired) electrons. The molecule has 6 heteroatoms. The topological polar surface area (TPSA) is 38.7 Å². The van der Waals surface area contributed by atoms with Crippen molar-refractivity contribution < 1.29 is 0 Å². The van der Waals surface area contributed by atoms with Gasteiger partial charge in [-0.25, -0.2) is 15.0 Å². The standard InChI is InChI=1S/C54H48Br3N3/c1-7-52(8-2)43-25-31(13-19-37(43)40-22-16-34(55)28-46(40)52)49-58-50(32-14-20-38-41-23-17-35(56)29-47(41)53(9-3,10-4)44(38)26-32)60-51(59-49)33-15-21-39-42-24-18-36(57)30-48(42)54(11-5,12-6)45(39)27-33/h13-30H,7-12H2,1-6H3. The van der Waals surface area contributed by atoms with Crippen LogP contribution in [0.3, 0.4) is 0 Å². The zero-order valence-corrected chi connectivity index (χ0v) is 39.9. The number of rotatable bonds is 9. The second-order valence-corrected chi connectivity index (χ2v) is 19.8. The number of hydrogen-bond donors (Lipinski definition) is 0. The lowest BCUT2D eigenvalue weighted by Crippen LogP contribution is -2.23. The number of benzene rings is 6. The molecule has 10 rings (SSSR count). The highest BCUT2D eigenvalue weighted by Crippen LogP contribution is 2.57. The lowest BCUT2D eigenvalue weighted by atomic mass is 9.73. The molecular formula is C54H48Br3N3. The zero-order valence-electron chi connectivity index (χ0n) is 35.1. The molecule has 0 aliphatic heterocycles. The maximum atomic E-state index is 5.41. The van der Waals surface area contributed by atoms with E-state index in [2.05, 4.69) is 199 Å². The summed E-state index contributed by atoms with van der Waals surface area (Å²) in [6.45, 7) is 13.9. The van der Waals surface area contributed by atoms with E-state index in [9.17, 15) is 0 Å². The Balaban J connectivity index is 1.18. The molecule has 0 saturated carbocycles. The number of fused-ring (bicyclic) bond motifs is 9. The fourth-order valence-corrected chi connectivity index (χ4v) is 12.7. The highest BCUT2D eigenvalue weighted by atomic mass is 79.9. The summed E-state index contributed by atoms with van der Waals surface area (Å²) in [6, 6.07) is 41.0. The average Bonchev–Trinajstić information content (AvgIpc) is 3.83. The summed E-state index contributed by atoms with van der Waals surface area (Å²) in [6.07, 6.45) is 6.04. The van der Waals surface area contributed by atoms with Gasteiger partial charge < -0.3 is 0 Å². The van der Waals surface area contributed by atoms with E-state index in [1.54, 1.807) is 0 Å². The maximum Gasteiger partial charge on any atom is 0.164 e. The van der Waals surface area contributed by atoms with E-state index in [-0.39, 0.29) is 16.2 Å². The van der Waals surface area contributed by atoms with E-state index >= 15 is 0 Å². The molecule has 0 atom stereocenters. The molecule has 0 saturated heterocycles. The van der Waals surface area contributed by atoms with Crippen LogP contribution in [0.25, 0.3) is 67.5 Å². The highest BCUT2D eigenvalue weighted by Gasteiger charge is 2.43.